The molecule has 0 saturated carbocycles. The molecule has 3 rings (SSSR count). The topological polar surface area (TPSA) is 45.7 Å². The molecule has 0 spiro atoms. The van der Waals surface area contributed by atoms with Crippen molar-refractivity contribution in [2.45, 2.75) is 25.9 Å². The molecule has 0 fully saturated rings. The van der Waals surface area contributed by atoms with Crippen molar-refractivity contribution in [1.82, 2.24) is 0 Å². The van der Waals surface area contributed by atoms with Gasteiger partial charge in [-0.3, -0.25) is 4.79 Å². The fourth-order valence-corrected chi connectivity index (χ4v) is 3.20. The van der Waals surface area contributed by atoms with E-state index >= 15 is 0 Å². The van der Waals surface area contributed by atoms with Gasteiger partial charge >= 0.3 is 0 Å². The van der Waals surface area contributed by atoms with Crippen LogP contribution in [-0.2, 0) is 4.79 Å². The van der Waals surface area contributed by atoms with E-state index in [2.05, 4.69) is 5.32 Å². The summed E-state index contributed by atoms with van der Waals surface area (Å²) in [5, 5.41) is 4.73. The van der Waals surface area contributed by atoms with Gasteiger partial charge in [-0.05, 0) is 37.6 Å². The van der Waals surface area contributed by atoms with Crippen molar-refractivity contribution in [3.05, 3.63) is 90.0 Å². The Morgan fingerprint density at radius 3 is 2.32 bits per heavy atom. The summed E-state index contributed by atoms with van der Waals surface area (Å²) >= 11 is 0. The third-order valence-corrected chi connectivity index (χ3v) is 4.71. The summed E-state index contributed by atoms with van der Waals surface area (Å²) < 4.78 is 27.1. The minimum atomic E-state index is -0.614. The molecule has 0 saturated heterocycles. The highest BCUT2D eigenvalue weighted by atomic mass is 19.1. The summed E-state index contributed by atoms with van der Waals surface area (Å²) in [7, 11) is 0. The van der Waals surface area contributed by atoms with Crippen LogP contribution in [0.3, 0.4) is 0 Å². The van der Waals surface area contributed by atoms with Crippen molar-refractivity contribution in [2.24, 2.45) is 0 Å². The molecule has 144 valence electrons. The zero-order chi connectivity index (χ0) is 20.1. The van der Waals surface area contributed by atoms with Crippen LogP contribution in [-0.4, -0.2) is 11.9 Å². The lowest BCUT2D eigenvalue weighted by molar-refractivity contribution is -0.710. The first-order valence-corrected chi connectivity index (χ1v) is 9.21. The van der Waals surface area contributed by atoms with Gasteiger partial charge in [-0.2, -0.15) is 0 Å². The number of quaternary nitrogens is 1. The molecule has 5 heteroatoms. The lowest BCUT2D eigenvalue weighted by Gasteiger charge is -2.18. The molecule has 28 heavy (non-hydrogen) atoms. The number of benzene rings is 3. The predicted molar refractivity (Wildman–Crippen MR) is 107 cm³/mol. The molecule has 0 heterocycles. The highest BCUT2D eigenvalue weighted by molar-refractivity contribution is 5.97. The van der Waals surface area contributed by atoms with Crippen LogP contribution in [0.5, 0.6) is 0 Å². The van der Waals surface area contributed by atoms with Gasteiger partial charge in [0, 0.05) is 22.9 Å². The Kier molecular flexibility index (Phi) is 6.16. The van der Waals surface area contributed by atoms with E-state index in [1.165, 1.54) is 12.1 Å². The van der Waals surface area contributed by atoms with Crippen LogP contribution in [0.4, 0.5) is 14.5 Å². The van der Waals surface area contributed by atoms with E-state index in [-0.39, 0.29) is 11.9 Å². The molecule has 3 N–H and O–H groups in total. The second-order valence-corrected chi connectivity index (χ2v) is 6.84. The third kappa shape index (κ3) is 4.61. The molecule has 1 amide bonds. The number of rotatable bonds is 6. The van der Waals surface area contributed by atoms with Crippen LogP contribution in [0.1, 0.15) is 25.5 Å². The van der Waals surface area contributed by atoms with Crippen LogP contribution >= 0.6 is 0 Å². The van der Waals surface area contributed by atoms with E-state index < -0.39 is 17.7 Å². The standard InChI is InChI=1S/C23H22F2N2O/c1-15(19-13-12-18(24)14-21(19)25)26-16(2)23(28)27-22-11-7-6-10-20(22)17-8-4-3-5-9-17/h3-16,26H,1-2H3,(H,27,28)/p+1/t15-,16+/m1/s1. The predicted octanol–water partition coefficient (Wildman–Crippen LogP) is 4.28. The first-order chi connectivity index (χ1) is 13.5. The zero-order valence-corrected chi connectivity index (χ0v) is 15.8. The number of carbonyl (C=O) groups excluding carboxylic acids is 1. The van der Waals surface area contributed by atoms with Crippen LogP contribution in [0.15, 0.2) is 72.8 Å². The van der Waals surface area contributed by atoms with Gasteiger partial charge in [0.1, 0.15) is 17.7 Å². The van der Waals surface area contributed by atoms with Crippen LogP contribution in [0.2, 0.25) is 0 Å². The number of amides is 1. The minimum absolute atomic E-state index is 0.183. The van der Waals surface area contributed by atoms with Gasteiger partial charge in [0.2, 0.25) is 0 Å². The number of carbonyl (C=O) groups is 1. The van der Waals surface area contributed by atoms with Crippen LogP contribution in [0, 0.1) is 11.6 Å². The Bertz CT molecular complexity index is 960. The number of hydrogen-bond donors (Lipinski definition) is 2. The quantitative estimate of drug-likeness (QED) is 0.658. The number of para-hydroxylation sites is 1. The summed E-state index contributed by atoms with van der Waals surface area (Å²) in [6, 6.07) is 20.1. The molecule has 0 aliphatic carbocycles. The second-order valence-electron chi connectivity index (χ2n) is 6.84. The molecule has 0 radical (unpaired) electrons. The van der Waals surface area contributed by atoms with Gasteiger partial charge < -0.3 is 10.6 Å². The molecule has 0 aliphatic heterocycles. The largest absolute Gasteiger partial charge is 0.330 e. The van der Waals surface area contributed by atoms with Gasteiger partial charge in [0.25, 0.3) is 5.91 Å². The zero-order valence-electron chi connectivity index (χ0n) is 15.8. The number of nitrogens with one attached hydrogen (secondary N) is 1. The number of hydrogen-bond acceptors (Lipinski definition) is 1. The Morgan fingerprint density at radius 1 is 0.929 bits per heavy atom. The Balaban J connectivity index is 1.71. The molecule has 3 aromatic rings. The minimum Gasteiger partial charge on any atom is -0.330 e. The highest BCUT2D eigenvalue weighted by Gasteiger charge is 2.23. The molecular weight excluding hydrogens is 358 g/mol. The van der Waals surface area contributed by atoms with Gasteiger partial charge in [-0.15, -0.1) is 0 Å². The Hall–Kier alpha value is -3.05. The maximum absolute atomic E-state index is 14.0. The van der Waals surface area contributed by atoms with Gasteiger partial charge in [-0.1, -0.05) is 48.5 Å². The highest BCUT2D eigenvalue weighted by Crippen LogP contribution is 2.27. The van der Waals surface area contributed by atoms with E-state index in [0.29, 0.717) is 5.56 Å². The molecular formula is C23H23F2N2O+. The lowest BCUT2D eigenvalue weighted by atomic mass is 10.0. The maximum Gasteiger partial charge on any atom is 0.282 e. The second kappa shape index (κ2) is 8.76. The summed E-state index contributed by atoms with van der Waals surface area (Å²) in [5.41, 5.74) is 3.03. The molecule has 0 unspecified atom stereocenters. The van der Waals surface area contributed by atoms with Crippen molar-refractivity contribution < 1.29 is 18.9 Å². The van der Waals surface area contributed by atoms with Crippen LogP contribution < -0.4 is 10.6 Å². The van der Waals surface area contributed by atoms with E-state index in [9.17, 15) is 13.6 Å². The molecule has 3 aromatic carbocycles. The van der Waals surface area contributed by atoms with Crippen molar-refractivity contribution >= 4 is 11.6 Å². The Labute approximate surface area is 163 Å². The number of halogens is 2. The molecule has 3 nitrogen and oxygen atoms in total. The van der Waals surface area contributed by atoms with E-state index in [0.717, 1.165) is 22.9 Å². The fraction of sp³-hybridized carbons (Fsp3) is 0.174. The van der Waals surface area contributed by atoms with Gasteiger partial charge in [0.05, 0.1) is 0 Å². The lowest BCUT2D eigenvalue weighted by Crippen LogP contribution is -2.91. The van der Waals surface area contributed by atoms with Crippen molar-refractivity contribution in [1.29, 1.82) is 0 Å². The molecule has 2 atom stereocenters. The van der Waals surface area contributed by atoms with E-state index in [4.69, 9.17) is 0 Å². The maximum atomic E-state index is 14.0. The smallest absolute Gasteiger partial charge is 0.282 e. The summed E-state index contributed by atoms with van der Waals surface area (Å²) in [4.78, 5) is 12.7. The monoisotopic (exact) mass is 381 g/mol. The van der Waals surface area contributed by atoms with E-state index in [1.807, 2.05) is 54.6 Å². The Morgan fingerprint density at radius 2 is 1.61 bits per heavy atom. The molecule has 0 aliphatic rings. The third-order valence-electron chi connectivity index (χ3n) is 4.71. The number of nitrogens with two attached hydrogens (primary N) is 1. The van der Waals surface area contributed by atoms with Gasteiger partial charge in [0.15, 0.2) is 6.04 Å². The SMILES string of the molecule is C[C@H]([NH2+][C@H](C)c1ccc(F)cc1F)C(=O)Nc1ccccc1-c1ccccc1. The average molecular weight is 381 g/mol. The first kappa shape index (κ1) is 19.7. The summed E-state index contributed by atoms with van der Waals surface area (Å²) in [6.07, 6.45) is 0. The average Bonchev–Trinajstić information content (AvgIpc) is 2.69. The van der Waals surface area contributed by atoms with Crippen molar-refractivity contribution in [3.8, 4) is 11.1 Å². The molecule has 0 bridgehead atoms. The van der Waals surface area contributed by atoms with Crippen molar-refractivity contribution in [3.63, 3.8) is 0 Å². The number of anilines is 1. The van der Waals surface area contributed by atoms with Crippen LogP contribution in [0.25, 0.3) is 11.1 Å². The molecule has 0 aromatic heterocycles. The van der Waals surface area contributed by atoms with E-state index in [1.54, 1.807) is 19.2 Å². The fourth-order valence-electron chi connectivity index (χ4n) is 3.20. The van der Waals surface area contributed by atoms with Gasteiger partial charge in [-0.25, -0.2) is 8.78 Å². The summed E-state index contributed by atoms with van der Waals surface area (Å²) in [5.74, 6) is -1.40. The normalized spacial score (nSPS) is 13.0. The first-order valence-electron chi connectivity index (χ1n) is 9.21. The van der Waals surface area contributed by atoms with Crippen molar-refractivity contribution in [2.75, 3.05) is 5.32 Å². The summed E-state index contributed by atoms with van der Waals surface area (Å²) in [6.45, 7) is 3.55.